The fourth-order valence-corrected chi connectivity index (χ4v) is 3.25. The Morgan fingerprint density at radius 3 is 2.52 bits per heavy atom. The third-order valence-electron chi connectivity index (χ3n) is 3.05. The Kier molecular flexibility index (Phi) is 3.82. The number of aromatic carboxylic acids is 1. The molecule has 3 nitrogen and oxygen atoms in total. The van der Waals surface area contributed by atoms with Crippen LogP contribution < -0.4 is 0 Å². The van der Waals surface area contributed by atoms with E-state index in [1.807, 2.05) is 24.3 Å². The van der Waals surface area contributed by atoms with Crippen LogP contribution in [0.3, 0.4) is 0 Å². The standard InChI is InChI=1S/C16H10ClNO2S/c17-13-6-3-9-18-15(13)21-14-8-7-12(16(19)20)10-4-1-2-5-11(10)14/h1-9H,(H,19,20). The fraction of sp³-hybridized carbons (Fsp3) is 0. The highest BCUT2D eigenvalue weighted by Gasteiger charge is 2.12. The van der Waals surface area contributed by atoms with E-state index < -0.39 is 5.97 Å². The smallest absolute Gasteiger partial charge is 0.336 e. The maximum Gasteiger partial charge on any atom is 0.336 e. The van der Waals surface area contributed by atoms with Crippen molar-refractivity contribution < 1.29 is 9.90 Å². The average molecular weight is 316 g/mol. The van der Waals surface area contributed by atoms with Crippen LogP contribution in [0.1, 0.15) is 10.4 Å². The minimum absolute atomic E-state index is 0.294. The first-order chi connectivity index (χ1) is 10.2. The molecule has 3 rings (SSSR count). The molecule has 0 aliphatic rings. The van der Waals surface area contributed by atoms with E-state index in [9.17, 15) is 9.90 Å². The third kappa shape index (κ3) is 2.73. The number of rotatable bonds is 3. The van der Waals surface area contributed by atoms with Crippen LogP contribution in [0, 0.1) is 0 Å². The summed E-state index contributed by atoms with van der Waals surface area (Å²) in [4.78, 5) is 16.5. The fourth-order valence-electron chi connectivity index (χ4n) is 2.10. The lowest BCUT2D eigenvalue weighted by Gasteiger charge is -2.09. The SMILES string of the molecule is O=C(O)c1ccc(Sc2ncccc2Cl)c2ccccc12. The van der Waals surface area contributed by atoms with Crippen LogP contribution in [0.25, 0.3) is 10.8 Å². The monoisotopic (exact) mass is 315 g/mol. The van der Waals surface area contributed by atoms with Gasteiger partial charge in [0.15, 0.2) is 0 Å². The van der Waals surface area contributed by atoms with Gasteiger partial charge in [-0.25, -0.2) is 9.78 Å². The Morgan fingerprint density at radius 2 is 1.81 bits per heavy atom. The molecule has 21 heavy (non-hydrogen) atoms. The molecule has 0 radical (unpaired) electrons. The number of hydrogen-bond acceptors (Lipinski definition) is 3. The molecule has 0 aliphatic heterocycles. The molecule has 0 amide bonds. The predicted octanol–water partition coefficient (Wildman–Crippen LogP) is 4.74. The minimum atomic E-state index is -0.932. The van der Waals surface area contributed by atoms with Gasteiger partial charge in [0.1, 0.15) is 5.03 Å². The number of benzene rings is 2. The second-order valence-corrected chi connectivity index (χ2v) is 5.79. The number of carboxylic acids is 1. The summed E-state index contributed by atoms with van der Waals surface area (Å²) in [6.45, 7) is 0. The highest BCUT2D eigenvalue weighted by atomic mass is 35.5. The van der Waals surface area contributed by atoms with E-state index in [0.29, 0.717) is 21.0 Å². The van der Waals surface area contributed by atoms with Crippen molar-refractivity contribution in [3.8, 4) is 0 Å². The number of carboxylic acid groups (broad SMARTS) is 1. The number of fused-ring (bicyclic) bond motifs is 1. The van der Waals surface area contributed by atoms with Crippen molar-refractivity contribution >= 4 is 40.1 Å². The zero-order valence-corrected chi connectivity index (χ0v) is 12.4. The largest absolute Gasteiger partial charge is 0.478 e. The van der Waals surface area contributed by atoms with E-state index in [-0.39, 0.29) is 0 Å². The van der Waals surface area contributed by atoms with Crippen molar-refractivity contribution in [2.75, 3.05) is 0 Å². The highest BCUT2D eigenvalue weighted by molar-refractivity contribution is 7.99. The second-order valence-electron chi connectivity index (χ2n) is 4.35. The Bertz CT molecular complexity index is 835. The van der Waals surface area contributed by atoms with Gasteiger partial charge in [-0.15, -0.1) is 0 Å². The molecular formula is C16H10ClNO2S. The van der Waals surface area contributed by atoms with Gasteiger partial charge in [0, 0.05) is 11.1 Å². The first kappa shape index (κ1) is 13.9. The Hall–Kier alpha value is -2.04. The Morgan fingerprint density at radius 1 is 1.05 bits per heavy atom. The maximum absolute atomic E-state index is 11.3. The van der Waals surface area contributed by atoms with Crippen molar-refractivity contribution in [2.24, 2.45) is 0 Å². The van der Waals surface area contributed by atoms with Crippen molar-refractivity contribution in [1.29, 1.82) is 0 Å². The van der Waals surface area contributed by atoms with E-state index in [1.54, 1.807) is 30.5 Å². The molecule has 0 unspecified atom stereocenters. The van der Waals surface area contributed by atoms with Crippen molar-refractivity contribution in [3.05, 3.63) is 65.3 Å². The third-order valence-corrected chi connectivity index (χ3v) is 4.56. The Labute approximate surface area is 130 Å². The molecule has 5 heteroatoms. The van der Waals surface area contributed by atoms with Gasteiger partial charge in [-0.05, 0) is 35.0 Å². The molecule has 3 aromatic rings. The van der Waals surface area contributed by atoms with Crippen molar-refractivity contribution in [1.82, 2.24) is 4.98 Å². The number of halogens is 1. The van der Waals surface area contributed by atoms with Crippen LogP contribution in [-0.4, -0.2) is 16.1 Å². The van der Waals surface area contributed by atoms with Crippen LogP contribution in [0.5, 0.6) is 0 Å². The normalized spacial score (nSPS) is 10.7. The van der Waals surface area contributed by atoms with Crippen LogP contribution in [0.4, 0.5) is 0 Å². The first-order valence-electron chi connectivity index (χ1n) is 6.20. The van der Waals surface area contributed by atoms with Gasteiger partial charge in [-0.2, -0.15) is 0 Å². The van der Waals surface area contributed by atoms with Crippen LogP contribution in [-0.2, 0) is 0 Å². The predicted molar refractivity (Wildman–Crippen MR) is 84.3 cm³/mol. The summed E-state index contributed by atoms with van der Waals surface area (Å²) in [7, 11) is 0. The van der Waals surface area contributed by atoms with Crippen LogP contribution in [0.2, 0.25) is 5.02 Å². The number of hydrogen-bond donors (Lipinski definition) is 1. The molecule has 104 valence electrons. The summed E-state index contributed by atoms with van der Waals surface area (Å²) in [6.07, 6.45) is 1.68. The lowest BCUT2D eigenvalue weighted by molar-refractivity contribution is 0.0699. The molecular weight excluding hydrogens is 306 g/mol. The quantitative estimate of drug-likeness (QED) is 0.758. The van der Waals surface area contributed by atoms with E-state index in [4.69, 9.17) is 11.6 Å². The van der Waals surface area contributed by atoms with Crippen LogP contribution in [0.15, 0.2) is 64.6 Å². The molecule has 0 saturated heterocycles. The minimum Gasteiger partial charge on any atom is -0.478 e. The number of pyridine rings is 1. The van der Waals surface area contributed by atoms with E-state index in [2.05, 4.69) is 4.98 Å². The molecule has 0 spiro atoms. The molecule has 1 aromatic heterocycles. The topological polar surface area (TPSA) is 50.2 Å². The van der Waals surface area contributed by atoms with E-state index >= 15 is 0 Å². The van der Waals surface area contributed by atoms with E-state index in [1.165, 1.54) is 11.8 Å². The maximum atomic E-state index is 11.3. The molecule has 0 bridgehead atoms. The molecule has 0 fully saturated rings. The molecule has 0 saturated carbocycles. The highest BCUT2D eigenvalue weighted by Crippen LogP contribution is 2.36. The molecule has 1 N–H and O–H groups in total. The summed E-state index contributed by atoms with van der Waals surface area (Å²) in [6, 6.07) is 14.4. The van der Waals surface area contributed by atoms with Gasteiger partial charge in [-0.3, -0.25) is 0 Å². The summed E-state index contributed by atoms with van der Waals surface area (Å²) < 4.78 is 0. The first-order valence-corrected chi connectivity index (χ1v) is 7.39. The van der Waals surface area contributed by atoms with Gasteiger partial charge < -0.3 is 5.11 Å². The van der Waals surface area contributed by atoms with Crippen molar-refractivity contribution in [2.45, 2.75) is 9.92 Å². The van der Waals surface area contributed by atoms with E-state index in [0.717, 1.165) is 10.3 Å². The zero-order chi connectivity index (χ0) is 14.8. The van der Waals surface area contributed by atoms with Gasteiger partial charge in [0.2, 0.25) is 0 Å². The lowest BCUT2D eigenvalue weighted by Crippen LogP contribution is -1.97. The number of nitrogens with zero attached hydrogens (tertiary/aromatic N) is 1. The lowest BCUT2D eigenvalue weighted by atomic mass is 10.0. The zero-order valence-electron chi connectivity index (χ0n) is 10.8. The molecule has 1 heterocycles. The summed E-state index contributed by atoms with van der Waals surface area (Å²) in [5.41, 5.74) is 0.294. The molecule has 0 atom stereocenters. The summed E-state index contributed by atoms with van der Waals surface area (Å²) >= 11 is 7.56. The summed E-state index contributed by atoms with van der Waals surface area (Å²) in [5.74, 6) is -0.932. The number of carbonyl (C=O) groups is 1. The van der Waals surface area contributed by atoms with Gasteiger partial charge in [-0.1, -0.05) is 47.6 Å². The number of aromatic nitrogens is 1. The van der Waals surface area contributed by atoms with Crippen molar-refractivity contribution in [3.63, 3.8) is 0 Å². The van der Waals surface area contributed by atoms with Crippen LogP contribution >= 0.6 is 23.4 Å². The molecule has 0 aliphatic carbocycles. The summed E-state index contributed by atoms with van der Waals surface area (Å²) in [5, 5.41) is 12.1. The van der Waals surface area contributed by atoms with Gasteiger partial charge in [0.25, 0.3) is 0 Å². The van der Waals surface area contributed by atoms with Gasteiger partial charge in [0.05, 0.1) is 10.6 Å². The van der Waals surface area contributed by atoms with Gasteiger partial charge >= 0.3 is 5.97 Å². The molecule has 2 aromatic carbocycles. The second kappa shape index (κ2) is 5.76. The Balaban J connectivity index is 2.14. The average Bonchev–Trinajstić information content (AvgIpc) is 2.49.